The number of hydrogen-bond donors (Lipinski definition) is 1. The van der Waals surface area contributed by atoms with Crippen LogP contribution in [-0.2, 0) is 9.53 Å². The molecule has 0 atom stereocenters. The lowest BCUT2D eigenvalue weighted by Gasteiger charge is -2.02. The number of hydrogen-bond acceptors (Lipinski definition) is 2. The lowest BCUT2D eigenvalue weighted by Crippen LogP contribution is -1.99. The second kappa shape index (κ2) is 11.0. The Labute approximate surface area is 94.0 Å². The SMILES string of the molecule is O=C(O)CCCCOCCCCCBr. The Morgan fingerprint density at radius 1 is 1.07 bits per heavy atom. The van der Waals surface area contributed by atoms with Gasteiger partial charge in [0, 0.05) is 25.0 Å². The van der Waals surface area contributed by atoms with E-state index < -0.39 is 5.97 Å². The van der Waals surface area contributed by atoms with Crippen LogP contribution in [0.4, 0.5) is 0 Å². The molecule has 0 aliphatic carbocycles. The van der Waals surface area contributed by atoms with Gasteiger partial charge in [0.25, 0.3) is 0 Å². The molecule has 0 aromatic carbocycles. The Morgan fingerprint density at radius 2 is 1.71 bits per heavy atom. The van der Waals surface area contributed by atoms with Gasteiger partial charge in [-0.15, -0.1) is 0 Å². The first-order valence-corrected chi connectivity index (χ1v) is 6.25. The van der Waals surface area contributed by atoms with Crippen LogP contribution < -0.4 is 0 Å². The predicted octanol–water partition coefficient (Wildman–Crippen LogP) is 2.82. The molecule has 0 bridgehead atoms. The number of alkyl halides is 1. The Bertz CT molecular complexity index is 139. The van der Waals surface area contributed by atoms with E-state index in [1.165, 1.54) is 12.8 Å². The van der Waals surface area contributed by atoms with Crippen LogP contribution in [0.25, 0.3) is 0 Å². The molecular formula is C10H19BrO3. The smallest absolute Gasteiger partial charge is 0.303 e. The Balaban J connectivity index is 2.88. The van der Waals surface area contributed by atoms with E-state index in [9.17, 15) is 4.79 Å². The molecule has 0 aromatic heterocycles. The van der Waals surface area contributed by atoms with Gasteiger partial charge in [0.1, 0.15) is 0 Å². The fourth-order valence-corrected chi connectivity index (χ4v) is 1.45. The molecule has 0 aliphatic heterocycles. The molecule has 3 nitrogen and oxygen atoms in total. The molecule has 0 radical (unpaired) electrons. The Hall–Kier alpha value is -0.0900. The molecule has 1 N–H and O–H groups in total. The van der Waals surface area contributed by atoms with E-state index in [1.807, 2.05) is 0 Å². The first kappa shape index (κ1) is 13.9. The van der Waals surface area contributed by atoms with Crippen molar-refractivity contribution >= 4 is 21.9 Å². The lowest BCUT2D eigenvalue weighted by atomic mass is 10.2. The number of carboxylic acid groups (broad SMARTS) is 1. The minimum absolute atomic E-state index is 0.257. The first-order chi connectivity index (χ1) is 6.77. The van der Waals surface area contributed by atoms with E-state index in [0.717, 1.165) is 31.2 Å². The normalized spacial score (nSPS) is 10.4. The quantitative estimate of drug-likeness (QED) is 0.489. The van der Waals surface area contributed by atoms with Gasteiger partial charge in [-0.25, -0.2) is 0 Å². The fraction of sp³-hybridized carbons (Fsp3) is 0.900. The van der Waals surface area contributed by atoms with Crippen molar-refractivity contribution in [1.82, 2.24) is 0 Å². The molecule has 0 saturated heterocycles. The van der Waals surface area contributed by atoms with Crippen LogP contribution in [-0.4, -0.2) is 29.6 Å². The van der Waals surface area contributed by atoms with Crippen molar-refractivity contribution in [2.75, 3.05) is 18.5 Å². The molecule has 0 fully saturated rings. The maximum atomic E-state index is 10.2. The van der Waals surface area contributed by atoms with Gasteiger partial charge in [-0.05, 0) is 25.7 Å². The van der Waals surface area contributed by atoms with Gasteiger partial charge in [-0.1, -0.05) is 22.4 Å². The molecule has 0 amide bonds. The highest BCUT2D eigenvalue weighted by atomic mass is 79.9. The van der Waals surface area contributed by atoms with Gasteiger partial charge in [0.15, 0.2) is 0 Å². The molecule has 0 unspecified atom stereocenters. The molecule has 84 valence electrons. The fourth-order valence-electron chi connectivity index (χ4n) is 1.06. The second-order valence-electron chi connectivity index (χ2n) is 3.21. The van der Waals surface area contributed by atoms with Gasteiger partial charge >= 0.3 is 5.97 Å². The summed E-state index contributed by atoms with van der Waals surface area (Å²) < 4.78 is 5.35. The third kappa shape index (κ3) is 11.9. The van der Waals surface area contributed by atoms with Crippen LogP contribution in [0.15, 0.2) is 0 Å². The number of ether oxygens (including phenoxy) is 1. The van der Waals surface area contributed by atoms with Crippen LogP contribution in [0, 0.1) is 0 Å². The van der Waals surface area contributed by atoms with Gasteiger partial charge in [0.05, 0.1) is 0 Å². The molecule has 0 heterocycles. The van der Waals surface area contributed by atoms with Crippen LogP contribution in [0.3, 0.4) is 0 Å². The summed E-state index contributed by atoms with van der Waals surface area (Å²) in [5.41, 5.74) is 0. The van der Waals surface area contributed by atoms with Gasteiger partial charge < -0.3 is 9.84 Å². The molecule has 0 aromatic rings. The number of carboxylic acids is 1. The summed E-state index contributed by atoms with van der Waals surface area (Å²) in [7, 11) is 0. The zero-order chi connectivity index (χ0) is 10.6. The predicted molar refractivity (Wildman–Crippen MR) is 60.0 cm³/mol. The van der Waals surface area contributed by atoms with Gasteiger partial charge in [-0.2, -0.15) is 0 Å². The summed E-state index contributed by atoms with van der Waals surface area (Å²) in [5.74, 6) is -0.720. The van der Waals surface area contributed by atoms with Gasteiger partial charge in [0.2, 0.25) is 0 Å². The van der Waals surface area contributed by atoms with E-state index in [0.29, 0.717) is 6.61 Å². The molecular weight excluding hydrogens is 248 g/mol. The second-order valence-corrected chi connectivity index (χ2v) is 4.01. The zero-order valence-electron chi connectivity index (χ0n) is 8.51. The van der Waals surface area contributed by atoms with Crippen LogP contribution >= 0.6 is 15.9 Å². The van der Waals surface area contributed by atoms with Crippen LogP contribution in [0.1, 0.15) is 38.5 Å². The standard InChI is InChI=1S/C10H19BrO3/c11-7-3-1-4-8-14-9-5-2-6-10(12)13/h1-9H2,(H,12,13). The largest absolute Gasteiger partial charge is 0.481 e. The summed E-state index contributed by atoms with van der Waals surface area (Å²) in [6.45, 7) is 1.50. The van der Waals surface area contributed by atoms with E-state index >= 15 is 0 Å². The van der Waals surface area contributed by atoms with E-state index in [4.69, 9.17) is 9.84 Å². The van der Waals surface area contributed by atoms with Crippen molar-refractivity contribution in [3.05, 3.63) is 0 Å². The highest BCUT2D eigenvalue weighted by Gasteiger charge is 1.96. The Morgan fingerprint density at radius 3 is 2.29 bits per heavy atom. The van der Waals surface area contributed by atoms with Crippen molar-refractivity contribution in [1.29, 1.82) is 0 Å². The molecule has 0 spiro atoms. The van der Waals surface area contributed by atoms with E-state index in [1.54, 1.807) is 0 Å². The first-order valence-electron chi connectivity index (χ1n) is 5.13. The number of unbranched alkanes of at least 4 members (excludes halogenated alkanes) is 3. The monoisotopic (exact) mass is 266 g/mol. The van der Waals surface area contributed by atoms with Crippen LogP contribution in [0.5, 0.6) is 0 Å². The van der Waals surface area contributed by atoms with Crippen molar-refractivity contribution in [3.8, 4) is 0 Å². The highest BCUT2D eigenvalue weighted by Crippen LogP contribution is 2.00. The molecule has 14 heavy (non-hydrogen) atoms. The van der Waals surface area contributed by atoms with Gasteiger partial charge in [-0.3, -0.25) is 4.79 Å². The number of aliphatic carboxylic acids is 1. The van der Waals surface area contributed by atoms with Crippen molar-refractivity contribution in [2.45, 2.75) is 38.5 Å². The van der Waals surface area contributed by atoms with E-state index in [2.05, 4.69) is 15.9 Å². The third-order valence-corrected chi connectivity index (χ3v) is 2.41. The average molecular weight is 267 g/mol. The summed E-state index contributed by atoms with van der Waals surface area (Å²) in [6.07, 6.45) is 5.32. The molecule has 0 aliphatic rings. The summed E-state index contributed by atoms with van der Waals surface area (Å²) in [6, 6.07) is 0. The minimum atomic E-state index is -0.720. The topological polar surface area (TPSA) is 46.5 Å². The number of halogens is 1. The maximum Gasteiger partial charge on any atom is 0.303 e. The highest BCUT2D eigenvalue weighted by molar-refractivity contribution is 9.09. The molecule has 0 saturated carbocycles. The molecule has 0 rings (SSSR count). The maximum absolute atomic E-state index is 10.2. The van der Waals surface area contributed by atoms with Crippen molar-refractivity contribution in [2.24, 2.45) is 0 Å². The van der Waals surface area contributed by atoms with Crippen molar-refractivity contribution < 1.29 is 14.6 Å². The van der Waals surface area contributed by atoms with Crippen LogP contribution in [0.2, 0.25) is 0 Å². The van der Waals surface area contributed by atoms with Crippen molar-refractivity contribution in [3.63, 3.8) is 0 Å². The van der Waals surface area contributed by atoms with E-state index in [-0.39, 0.29) is 6.42 Å². The number of rotatable bonds is 10. The Kier molecular flexibility index (Phi) is 10.9. The third-order valence-electron chi connectivity index (χ3n) is 1.85. The number of carbonyl (C=O) groups is 1. The molecule has 4 heteroatoms. The summed E-state index contributed by atoms with van der Waals surface area (Å²) >= 11 is 3.37. The average Bonchev–Trinajstić information content (AvgIpc) is 2.15. The lowest BCUT2D eigenvalue weighted by molar-refractivity contribution is -0.137. The zero-order valence-corrected chi connectivity index (χ0v) is 10.1. The summed E-state index contributed by atoms with van der Waals surface area (Å²) in [4.78, 5) is 10.2. The summed E-state index contributed by atoms with van der Waals surface area (Å²) in [5, 5.41) is 9.43. The minimum Gasteiger partial charge on any atom is -0.481 e.